The number of hydrogen-bond acceptors (Lipinski definition) is 3. The summed E-state index contributed by atoms with van der Waals surface area (Å²) in [5.41, 5.74) is -1.02. The summed E-state index contributed by atoms with van der Waals surface area (Å²) < 4.78 is 13.9. The average Bonchev–Trinajstić information content (AvgIpc) is 2.91. The van der Waals surface area contributed by atoms with Gasteiger partial charge in [-0.05, 0) is 25.2 Å². The lowest BCUT2D eigenvalue weighted by atomic mass is 9.81. The number of amides is 1. The highest BCUT2D eigenvalue weighted by molar-refractivity contribution is 6.30. The Hall–Kier alpha value is -1.66. The van der Waals surface area contributed by atoms with E-state index in [0.717, 1.165) is 6.07 Å². The van der Waals surface area contributed by atoms with Gasteiger partial charge < -0.3 is 14.9 Å². The summed E-state index contributed by atoms with van der Waals surface area (Å²) in [4.78, 5) is 27.6. The predicted octanol–water partition coefficient (Wildman–Crippen LogP) is 1.57. The summed E-state index contributed by atoms with van der Waals surface area (Å²) >= 11 is 5.69. The molecular weight excluding hydrogens is 311 g/mol. The molecule has 118 valence electrons. The van der Waals surface area contributed by atoms with E-state index in [1.165, 1.54) is 17.0 Å². The van der Waals surface area contributed by atoms with E-state index in [1.807, 2.05) is 11.9 Å². The van der Waals surface area contributed by atoms with E-state index in [-0.39, 0.29) is 23.0 Å². The van der Waals surface area contributed by atoms with Crippen LogP contribution in [0.2, 0.25) is 5.02 Å². The van der Waals surface area contributed by atoms with E-state index >= 15 is 0 Å². The summed E-state index contributed by atoms with van der Waals surface area (Å²) in [5.74, 6) is -2.19. The average molecular weight is 327 g/mol. The lowest BCUT2D eigenvalue weighted by molar-refractivity contribution is -0.148. The fourth-order valence-corrected chi connectivity index (χ4v) is 3.77. The first-order chi connectivity index (χ1) is 10.3. The molecule has 0 saturated carbocycles. The van der Waals surface area contributed by atoms with E-state index in [2.05, 4.69) is 0 Å². The number of carboxylic acids is 1. The number of halogens is 2. The zero-order valence-corrected chi connectivity index (χ0v) is 12.8. The van der Waals surface area contributed by atoms with Gasteiger partial charge in [0.05, 0.1) is 5.56 Å². The largest absolute Gasteiger partial charge is 0.481 e. The molecule has 0 radical (unpaired) electrons. The van der Waals surface area contributed by atoms with E-state index in [9.17, 15) is 19.1 Å². The highest BCUT2D eigenvalue weighted by Crippen LogP contribution is 2.42. The standard InChI is InChI=1S/C15H16ClFN2O3/c1-18-5-9-6-19(8-15(9,7-18)14(21)22)13(20)11-3-2-10(16)4-12(11)17/h2-4,9H,5-8H2,1H3,(H,21,22)/t9-,15-/m0/s1. The summed E-state index contributed by atoms with van der Waals surface area (Å²) in [6.45, 7) is 1.47. The minimum absolute atomic E-state index is 0.0710. The minimum Gasteiger partial charge on any atom is -0.481 e. The Balaban J connectivity index is 1.86. The van der Waals surface area contributed by atoms with Crippen molar-refractivity contribution >= 4 is 23.5 Å². The zero-order valence-electron chi connectivity index (χ0n) is 12.1. The molecule has 0 aromatic heterocycles. The van der Waals surface area contributed by atoms with Gasteiger partial charge in [0.1, 0.15) is 11.2 Å². The first kappa shape index (κ1) is 15.2. The van der Waals surface area contributed by atoms with Gasteiger partial charge in [0, 0.05) is 37.1 Å². The van der Waals surface area contributed by atoms with Crippen LogP contribution in [0.1, 0.15) is 10.4 Å². The van der Waals surface area contributed by atoms with Gasteiger partial charge in [-0.2, -0.15) is 0 Å². The monoisotopic (exact) mass is 326 g/mol. The van der Waals surface area contributed by atoms with Crippen molar-refractivity contribution in [1.82, 2.24) is 9.80 Å². The Bertz CT molecular complexity index is 654. The van der Waals surface area contributed by atoms with Crippen LogP contribution in [-0.2, 0) is 4.79 Å². The number of nitrogens with zero attached hydrogens (tertiary/aromatic N) is 2. The van der Waals surface area contributed by atoms with Crippen LogP contribution in [0.3, 0.4) is 0 Å². The van der Waals surface area contributed by atoms with Crippen LogP contribution in [0.5, 0.6) is 0 Å². The molecule has 2 aliphatic heterocycles. The molecule has 0 unspecified atom stereocenters. The first-order valence-electron chi connectivity index (χ1n) is 7.00. The third-order valence-electron chi connectivity index (χ3n) is 4.65. The quantitative estimate of drug-likeness (QED) is 0.896. The molecule has 0 spiro atoms. The van der Waals surface area contributed by atoms with Gasteiger partial charge in [-0.15, -0.1) is 0 Å². The Morgan fingerprint density at radius 2 is 2.09 bits per heavy atom. The number of carbonyl (C=O) groups excluding carboxylic acids is 1. The SMILES string of the molecule is CN1C[C@H]2CN(C(=O)c3ccc(Cl)cc3F)C[C@@]2(C(=O)O)C1. The molecule has 0 aliphatic carbocycles. The molecule has 2 fully saturated rings. The maximum atomic E-state index is 13.9. The smallest absolute Gasteiger partial charge is 0.313 e. The Morgan fingerprint density at radius 1 is 1.36 bits per heavy atom. The molecule has 2 saturated heterocycles. The normalized spacial score (nSPS) is 28.0. The van der Waals surface area contributed by atoms with Gasteiger partial charge in [-0.3, -0.25) is 9.59 Å². The number of likely N-dealkylation sites (tertiary alicyclic amines) is 2. The van der Waals surface area contributed by atoms with Crippen LogP contribution in [0.25, 0.3) is 0 Å². The molecule has 2 heterocycles. The Morgan fingerprint density at radius 3 is 2.68 bits per heavy atom. The fraction of sp³-hybridized carbons (Fsp3) is 0.467. The summed E-state index contributed by atoms with van der Waals surface area (Å²) in [7, 11) is 1.87. The van der Waals surface area contributed by atoms with Crippen molar-refractivity contribution in [2.24, 2.45) is 11.3 Å². The van der Waals surface area contributed by atoms with Crippen LogP contribution in [0, 0.1) is 17.2 Å². The molecular formula is C15H16ClFN2O3. The van der Waals surface area contributed by atoms with Gasteiger partial charge in [0.15, 0.2) is 0 Å². The number of aliphatic carboxylic acids is 1. The highest BCUT2D eigenvalue weighted by atomic mass is 35.5. The van der Waals surface area contributed by atoms with Crippen molar-refractivity contribution in [2.45, 2.75) is 0 Å². The topological polar surface area (TPSA) is 60.9 Å². The number of hydrogen-bond donors (Lipinski definition) is 1. The number of carbonyl (C=O) groups is 2. The third-order valence-corrected chi connectivity index (χ3v) is 4.89. The molecule has 0 bridgehead atoms. The summed E-state index contributed by atoms with van der Waals surface area (Å²) in [5, 5.41) is 9.82. The molecule has 3 rings (SSSR count). The van der Waals surface area contributed by atoms with Crippen molar-refractivity contribution in [3.05, 3.63) is 34.6 Å². The van der Waals surface area contributed by atoms with Crippen molar-refractivity contribution < 1.29 is 19.1 Å². The molecule has 1 aromatic rings. The molecule has 5 nitrogen and oxygen atoms in total. The van der Waals surface area contributed by atoms with E-state index in [4.69, 9.17) is 11.6 Å². The second-order valence-electron chi connectivity index (χ2n) is 6.16. The van der Waals surface area contributed by atoms with Crippen molar-refractivity contribution in [2.75, 3.05) is 33.2 Å². The van der Waals surface area contributed by atoms with Crippen molar-refractivity contribution in [1.29, 1.82) is 0 Å². The summed E-state index contributed by atoms with van der Waals surface area (Å²) in [6.07, 6.45) is 0. The second-order valence-corrected chi connectivity index (χ2v) is 6.60. The molecule has 22 heavy (non-hydrogen) atoms. The first-order valence-corrected chi connectivity index (χ1v) is 7.37. The zero-order chi connectivity index (χ0) is 16.1. The van der Waals surface area contributed by atoms with E-state index in [0.29, 0.717) is 19.6 Å². The van der Waals surface area contributed by atoms with Gasteiger partial charge in [0.25, 0.3) is 5.91 Å². The molecule has 1 aromatic carbocycles. The molecule has 1 N–H and O–H groups in total. The minimum atomic E-state index is -0.951. The van der Waals surface area contributed by atoms with Crippen LogP contribution in [-0.4, -0.2) is 60.0 Å². The van der Waals surface area contributed by atoms with E-state index in [1.54, 1.807) is 0 Å². The molecule has 7 heteroatoms. The second kappa shape index (κ2) is 5.21. The third kappa shape index (κ3) is 2.27. The lowest BCUT2D eigenvalue weighted by Crippen LogP contribution is -2.41. The van der Waals surface area contributed by atoms with Crippen LogP contribution < -0.4 is 0 Å². The maximum Gasteiger partial charge on any atom is 0.313 e. The lowest BCUT2D eigenvalue weighted by Gasteiger charge is -2.24. The fourth-order valence-electron chi connectivity index (χ4n) is 3.61. The van der Waals surface area contributed by atoms with Crippen LogP contribution in [0.15, 0.2) is 18.2 Å². The highest BCUT2D eigenvalue weighted by Gasteiger charge is 2.57. The number of benzene rings is 1. The predicted molar refractivity (Wildman–Crippen MR) is 78.4 cm³/mol. The number of fused-ring (bicyclic) bond motifs is 1. The van der Waals surface area contributed by atoms with Crippen LogP contribution in [0.4, 0.5) is 4.39 Å². The van der Waals surface area contributed by atoms with Gasteiger partial charge >= 0.3 is 5.97 Å². The summed E-state index contributed by atoms with van der Waals surface area (Å²) in [6, 6.07) is 3.88. The van der Waals surface area contributed by atoms with Crippen LogP contribution >= 0.6 is 11.6 Å². The van der Waals surface area contributed by atoms with E-state index < -0.39 is 23.1 Å². The van der Waals surface area contributed by atoms with Crippen molar-refractivity contribution in [3.8, 4) is 0 Å². The van der Waals surface area contributed by atoms with Gasteiger partial charge in [0.2, 0.25) is 0 Å². The molecule has 2 aliphatic rings. The van der Waals surface area contributed by atoms with Gasteiger partial charge in [-0.1, -0.05) is 11.6 Å². The Kier molecular flexibility index (Phi) is 3.61. The number of carboxylic acid groups (broad SMARTS) is 1. The number of rotatable bonds is 2. The molecule has 2 atom stereocenters. The van der Waals surface area contributed by atoms with Crippen molar-refractivity contribution in [3.63, 3.8) is 0 Å². The maximum absolute atomic E-state index is 13.9. The Labute approximate surface area is 132 Å². The molecule has 1 amide bonds. The van der Waals surface area contributed by atoms with Gasteiger partial charge in [-0.25, -0.2) is 4.39 Å².